The molecule has 1 atom stereocenters. The molecule has 0 aromatic carbocycles. The number of nitrogens with zero attached hydrogens (tertiary/aromatic N) is 3. The number of hydrogen-bond donors (Lipinski definition) is 3. The highest BCUT2D eigenvalue weighted by Gasteiger charge is 2.38. The molecule has 0 bridgehead atoms. The van der Waals surface area contributed by atoms with E-state index in [4.69, 9.17) is 16.1 Å². The van der Waals surface area contributed by atoms with Gasteiger partial charge < -0.3 is 10.2 Å². The average molecular weight is 174 g/mol. The molecule has 0 amide bonds. The van der Waals surface area contributed by atoms with E-state index in [-0.39, 0.29) is 17.4 Å². The fourth-order valence-corrected chi connectivity index (χ4v) is 1.72. The molecule has 0 saturated carbocycles. The van der Waals surface area contributed by atoms with E-state index in [0.29, 0.717) is 0 Å². The summed E-state index contributed by atoms with van der Waals surface area (Å²) in [5.41, 5.74) is -0.338. The number of hydrazone groups is 1. The van der Waals surface area contributed by atoms with Gasteiger partial charge in [0.1, 0.15) is 0 Å². The van der Waals surface area contributed by atoms with Gasteiger partial charge in [0, 0.05) is 5.41 Å². The summed E-state index contributed by atoms with van der Waals surface area (Å²) in [5.74, 6) is 5.37. The van der Waals surface area contributed by atoms with Crippen molar-refractivity contribution in [2.24, 2.45) is 10.9 Å². The number of fused-ring (bicyclic) bond motifs is 1. The lowest BCUT2D eigenvalue weighted by Crippen LogP contribution is -2.42. The number of aliphatic hydroxyl groups excluding tert-OH is 2. The zero-order chi connectivity index (χ0) is 8.01. The summed E-state index contributed by atoms with van der Waals surface area (Å²) >= 11 is 1.27. The van der Waals surface area contributed by atoms with Crippen LogP contribution in [0.4, 0.5) is 0 Å². The minimum Gasteiger partial charge on any atom is -0.493 e. The number of hydrogen-bond acceptors (Lipinski definition) is 6. The van der Waals surface area contributed by atoms with E-state index < -0.39 is 0 Å². The van der Waals surface area contributed by atoms with E-state index in [1.54, 1.807) is 0 Å². The van der Waals surface area contributed by atoms with Crippen LogP contribution in [-0.4, -0.2) is 31.8 Å². The van der Waals surface area contributed by atoms with Crippen molar-refractivity contribution >= 4 is 17.8 Å². The first kappa shape index (κ1) is 6.62. The highest BCUT2D eigenvalue weighted by molar-refractivity contribution is 8.02. The molecule has 7 heteroatoms. The van der Waals surface area contributed by atoms with Gasteiger partial charge in [0.25, 0.3) is 0 Å². The summed E-state index contributed by atoms with van der Waals surface area (Å²) in [5, 5.41) is 25.5. The van der Waals surface area contributed by atoms with Crippen LogP contribution in [0.5, 0.6) is 0 Å². The first-order chi connectivity index (χ1) is 5.20. The lowest BCUT2D eigenvalue weighted by atomic mass is 10.8. The molecule has 0 aromatic heterocycles. The van der Waals surface area contributed by atoms with Crippen LogP contribution < -0.4 is 5.84 Å². The maximum Gasteiger partial charge on any atom is 0.324 e. The minimum absolute atomic E-state index is 0.000463. The number of rotatable bonds is 0. The van der Waals surface area contributed by atoms with Crippen LogP contribution in [0.15, 0.2) is 16.4 Å². The van der Waals surface area contributed by atoms with E-state index in [1.807, 2.05) is 0 Å². The molecule has 0 radical (unpaired) electrons. The third-order valence-electron chi connectivity index (χ3n) is 1.41. The standard InChI is InChI=1S/C4H6N4O2S/c5-7-3(10)6-8-2(9)1-11-4(7)8/h1,4,9H,5H2,(H,6,10). The number of nitrogens with two attached hydrogens (primary N) is 1. The Labute approximate surface area is 66.5 Å². The number of hydrazine groups is 1. The quantitative estimate of drug-likeness (QED) is 0.437. The molecule has 0 spiro atoms. The molecule has 0 fully saturated rings. The van der Waals surface area contributed by atoms with E-state index in [0.717, 1.165) is 5.01 Å². The molecule has 0 saturated heterocycles. The van der Waals surface area contributed by atoms with Crippen molar-refractivity contribution < 1.29 is 10.2 Å². The van der Waals surface area contributed by atoms with Crippen molar-refractivity contribution in [1.29, 1.82) is 0 Å². The van der Waals surface area contributed by atoms with Crippen LogP contribution in [0, 0.1) is 0 Å². The molecule has 2 heterocycles. The van der Waals surface area contributed by atoms with Crippen LogP contribution in [0.1, 0.15) is 0 Å². The predicted octanol–water partition coefficient (Wildman–Crippen LogP) is -0.306. The highest BCUT2D eigenvalue weighted by Crippen LogP contribution is 2.33. The molecule has 11 heavy (non-hydrogen) atoms. The molecule has 0 aliphatic carbocycles. The van der Waals surface area contributed by atoms with Crippen LogP contribution >= 0.6 is 11.8 Å². The smallest absolute Gasteiger partial charge is 0.324 e. The van der Waals surface area contributed by atoms with Crippen molar-refractivity contribution in [3.8, 4) is 0 Å². The third kappa shape index (κ3) is 0.747. The predicted molar refractivity (Wildman–Crippen MR) is 40.0 cm³/mol. The largest absolute Gasteiger partial charge is 0.493 e. The van der Waals surface area contributed by atoms with Crippen molar-refractivity contribution in [3.63, 3.8) is 0 Å². The lowest BCUT2D eigenvalue weighted by Gasteiger charge is -2.18. The van der Waals surface area contributed by atoms with E-state index in [2.05, 4.69) is 5.10 Å². The number of amidine groups is 1. The molecular weight excluding hydrogens is 168 g/mol. The molecular formula is C4H6N4O2S. The monoisotopic (exact) mass is 174 g/mol. The molecule has 4 N–H and O–H groups in total. The van der Waals surface area contributed by atoms with Crippen LogP contribution in [0.25, 0.3) is 0 Å². The second kappa shape index (κ2) is 1.95. The molecule has 0 aromatic rings. The second-order valence-electron chi connectivity index (χ2n) is 2.09. The topological polar surface area (TPSA) is 85.3 Å². The van der Waals surface area contributed by atoms with Gasteiger partial charge in [-0.15, -0.1) is 5.10 Å². The van der Waals surface area contributed by atoms with Crippen LogP contribution in [0.2, 0.25) is 0 Å². The van der Waals surface area contributed by atoms with Gasteiger partial charge in [0.2, 0.25) is 5.88 Å². The number of thioether (sulfide) groups is 1. The summed E-state index contributed by atoms with van der Waals surface area (Å²) in [4.78, 5) is 0. The van der Waals surface area contributed by atoms with Gasteiger partial charge in [-0.3, -0.25) is 0 Å². The molecule has 6 nitrogen and oxygen atoms in total. The zero-order valence-electron chi connectivity index (χ0n) is 5.38. The lowest BCUT2D eigenvalue weighted by molar-refractivity contribution is 0.168. The Balaban J connectivity index is 2.28. The van der Waals surface area contributed by atoms with E-state index in [1.165, 1.54) is 22.2 Å². The third-order valence-corrected chi connectivity index (χ3v) is 2.42. The van der Waals surface area contributed by atoms with Gasteiger partial charge in [0.05, 0.1) is 0 Å². The van der Waals surface area contributed by atoms with Crippen LogP contribution in [-0.2, 0) is 0 Å². The Morgan fingerprint density at radius 2 is 2.36 bits per heavy atom. The normalized spacial score (nSPS) is 28.6. The highest BCUT2D eigenvalue weighted by atomic mass is 32.2. The Morgan fingerprint density at radius 1 is 1.64 bits per heavy atom. The van der Waals surface area contributed by atoms with Gasteiger partial charge in [-0.05, 0) is 0 Å². The van der Waals surface area contributed by atoms with Gasteiger partial charge in [-0.2, -0.15) is 5.01 Å². The molecule has 2 aliphatic rings. The molecule has 1 unspecified atom stereocenters. The zero-order valence-corrected chi connectivity index (χ0v) is 6.19. The first-order valence-electron chi connectivity index (χ1n) is 2.85. The Morgan fingerprint density at radius 3 is 3.00 bits per heavy atom. The summed E-state index contributed by atoms with van der Waals surface area (Å²) < 4.78 is 0. The molecule has 2 rings (SSSR count). The summed E-state index contributed by atoms with van der Waals surface area (Å²) in [6.07, 6.45) is 0. The number of aliphatic hydroxyl groups is 2. The summed E-state index contributed by atoms with van der Waals surface area (Å²) in [6.45, 7) is 0. The Kier molecular flexibility index (Phi) is 1.18. The van der Waals surface area contributed by atoms with Gasteiger partial charge in [0.15, 0.2) is 5.50 Å². The van der Waals surface area contributed by atoms with Gasteiger partial charge in [-0.1, -0.05) is 11.8 Å². The Bertz CT molecular complexity index is 252. The summed E-state index contributed by atoms with van der Waals surface area (Å²) in [6, 6.07) is -0.290. The maximum absolute atomic E-state index is 9.10. The maximum atomic E-state index is 9.10. The molecule has 2 aliphatic heterocycles. The van der Waals surface area contributed by atoms with Gasteiger partial charge in [-0.25, -0.2) is 10.9 Å². The average Bonchev–Trinajstić information content (AvgIpc) is 2.43. The minimum atomic E-state index is -0.338. The fourth-order valence-electron chi connectivity index (χ4n) is 0.877. The van der Waals surface area contributed by atoms with Crippen molar-refractivity contribution in [2.45, 2.75) is 5.50 Å². The fraction of sp³-hybridized carbons (Fsp3) is 0.250. The van der Waals surface area contributed by atoms with Crippen LogP contribution in [0.3, 0.4) is 0 Å². The van der Waals surface area contributed by atoms with Gasteiger partial charge >= 0.3 is 6.02 Å². The Hall–Kier alpha value is -1.08. The van der Waals surface area contributed by atoms with Crippen molar-refractivity contribution in [2.75, 3.05) is 0 Å². The first-order valence-corrected chi connectivity index (χ1v) is 3.80. The van der Waals surface area contributed by atoms with Crippen molar-refractivity contribution in [3.05, 3.63) is 11.3 Å². The molecule has 60 valence electrons. The second-order valence-corrected chi connectivity index (χ2v) is 3.02. The van der Waals surface area contributed by atoms with E-state index in [9.17, 15) is 0 Å². The van der Waals surface area contributed by atoms with E-state index >= 15 is 0 Å². The summed E-state index contributed by atoms with van der Waals surface area (Å²) in [7, 11) is 0. The van der Waals surface area contributed by atoms with Crippen molar-refractivity contribution in [1.82, 2.24) is 10.0 Å². The SMILES string of the molecule is NN1C(O)=NN2C(O)=CSC12.